The molecule has 1 aromatic rings. The summed E-state index contributed by atoms with van der Waals surface area (Å²) in [5.74, 6) is 0. The van der Waals surface area contributed by atoms with Gasteiger partial charge in [0.2, 0.25) is 0 Å². The van der Waals surface area contributed by atoms with Gasteiger partial charge in [0.25, 0.3) is 0 Å². The maximum Gasteiger partial charge on any atom is 0.0743 e. The Morgan fingerprint density at radius 3 is 3.00 bits per heavy atom. The van der Waals surface area contributed by atoms with Crippen LogP contribution in [0.15, 0.2) is 24.3 Å². The van der Waals surface area contributed by atoms with Crippen molar-refractivity contribution in [1.29, 1.82) is 0 Å². The highest BCUT2D eigenvalue weighted by molar-refractivity contribution is 6.31. The number of aliphatic hydroxyl groups excluding tert-OH is 1. The van der Waals surface area contributed by atoms with Gasteiger partial charge in [0.15, 0.2) is 0 Å². The Morgan fingerprint density at radius 2 is 2.24 bits per heavy atom. The maximum absolute atomic E-state index is 8.94. The molecule has 0 unspecified atom stereocenters. The molecule has 0 aliphatic carbocycles. The highest BCUT2D eigenvalue weighted by Gasteiger charge is 2.20. The average molecular weight is 256 g/mol. The summed E-state index contributed by atoms with van der Waals surface area (Å²) in [6, 6.07) is 7.88. The van der Waals surface area contributed by atoms with Crippen molar-refractivity contribution in [2.45, 2.75) is 12.5 Å². The molecule has 0 bridgehead atoms. The molecule has 94 valence electrons. The van der Waals surface area contributed by atoms with Gasteiger partial charge in [-0.05, 0) is 11.6 Å². The molecular formula is C13H18ClNO2. The van der Waals surface area contributed by atoms with E-state index in [1.807, 2.05) is 24.3 Å². The van der Waals surface area contributed by atoms with Crippen molar-refractivity contribution in [3.63, 3.8) is 0 Å². The number of benzene rings is 1. The molecule has 0 radical (unpaired) electrons. The van der Waals surface area contributed by atoms with Crippen LogP contribution in [0.2, 0.25) is 5.02 Å². The molecule has 2 rings (SSSR count). The Bertz CT molecular complexity index is 357. The molecule has 17 heavy (non-hydrogen) atoms. The lowest BCUT2D eigenvalue weighted by molar-refractivity contribution is -0.0313. The first-order valence-electron chi connectivity index (χ1n) is 5.98. The summed E-state index contributed by atoms with van der Waals surface area (Å²) in [6.07, 6.45) is 1.01. The van der Waals surface area contributed by atoms with E-state index in [0.29, 0.717) is 0 Å². The van der Waals surface area contributed by atoms with Crippen molar-refractivity contribution < 1.29 is 9.84 Å². The van der Waals surface area contributed by atoms with Crippen LogP contribution in [-0.2, 0) is 11.2 Å². The van der Waals surface area contributed by atoms with Crippen LogP contribution in [0.5, 0.6) is 0 Å². The lowest BCUT2D eigenvalue weighted by atomic mass is 10.1. The minimum atomic E-state index is 0.176. The zero-order valence-electron chi connectivity index (χ0n) is 9.81. The third kappa shape index (κ3) is 3.68. The molecule has 1 saturated heterocycles. The van der Waals surface area contributed by atoms with E-state index in [-0.39, 0.29) is 12.7 Å². The maximum atomic E-state index is 8.94. The number of β-amino-alcohol motifs (C(OH)–C–C–N with tert-alkyl or cyclic N) is 1. The van der Waals surface area contributed by atoms with E-state index < -0.39 is 0 Å². The largest absolute Gasteiger partial charge is 0.395 e. The lowest BCUT2D eigenvalue weighted by Crippen LogP contribution is -2.44. The number of halogens is 1. The van der Waals surface area contributed by atoms with E-state index in [1.54, 1.807) is 0 Å². The van der Waals surface area contributed by atoms with Gasteiger partial charge in [-0.2, -0.15) is 0 Å². The molecule has 4 heteroatoms. The second-order valence-corrected chi connectivity index (χ2v) is 4.72. The van der Waals surface area contributed by atoms with E-state index in [2.05, 4.69) is 4.90 Å². The van der Waals surface area contributed by atoms with Gasteiger partial charge in [-0.3, -0.25) is 4.90 Å². The normalized spacial score (nSPS) is 21.6. The smallest absolute Gasteiger partial charge is 0.0743 e. The summed E-state index contributed by atoms with van der Waals surface area (Å²) in [5, 5.41) is 9.74. The summed E-state index contributed by atoms with van der Waals surface area (Å²) in [5.41, 5.74) is 1.13. The molecule has 1 atom stereocenters. The SMILES string of the molecule is OCCN1CCO[C@H](Cc2ccccc2Cl)C1. The monoisotopic (exact) mass is 255 g/mol. The molecule has 0 aromatic heterocycles. The van der Waals surface area contributed by atoms with Crippen molar-refractivity contribution in [2.75, 3.05) is 32.8 Å². The van der Waals surface area contributed by atoms with Crippen LogP contribution in [0, 0.1) is 0 Å². The van der Waals surface area contributed by atoms with Gasteiger partial charge < -0.3 is 9.84 Å². The molecule has 0 saturated carbocycles. The van der Waals surface area contributed by atoms with Crippen molar-refractivity contribution in [3.05, 3.63) is 34.9 Å². The molecule has 0 spiro atoms. The van der Waals surface area contributed by atoms with E-state index in [0.717, 1.165) is 43.2 Å². The molecule has 1 aliphatic rings. The molecule has 1 aromatic carbocycles. The summed E-state index contributed by atoms with van der Waals surface area (Å²) in [6.45, 7) is 3.43. The van der Waals surface area contributed by atoms with Gasteiger partial charge in [-0.15, -0.1) is 0 Å². The molecular weight excluding hydrogens is 238 g/mol. The summed E-state index contributed by atoms with van der Waals surface area (Å²) in [7, 11) is 0. The van der Waals surface area contributed by atoms with Gasteiger partial charge in [0, 0.05) is 31.1 Å². The summed E-state index contributed by atoms with van der Waals surface area (Å²) in [4.78, 5) is 2.23. The standard InChI is InChI=1S/C13H18ClNO2/c14-13-4-2-1-3-11(13)9-12-10-15(5-7-16)6-8-17-12/h1-4,12,16H,5-10H2/t12-/m1/s1. The molecule has 1 heterocycles. The Labute approximate surface area is 107 Å². The van der Waals surface area contributed by atoms with Crippen LogP contribution in [0.4, 0.5) is 0 Å². The van der Waals surface area contributed by atoms with Crippen LogP contribution in [-0.4, -0.2) is 49.0 Å². The van der Waals surface area contributed by atoms with Crippen molar-refractivity contribution >= 4 is 11.6 Å². The van der Waals surface area contributed by atoms with Crippen molar-refractivity contribution in [3.8, 4) is 0 Å². The quantitative estimate of drug-likeness (QED) is 0.887. The minimum absolute atomic E-state index is 0.176. The van der Waals surface area contributed by atoms with Crippen LogP contribution in [0.1, 0.15) is 5.56 Å². The Morgan fingerprint density at radius 1 is 1.41 bits per heavy atom. The van der Waals surface area contributed by atoms with E-state index in [9.17, 15) is 0 Å². The van der Waals surface area contributed by atoms with Crippen molar-refractivity contribution in [1.82, 2.24) is 4.90 Å². The third-order valence-electron chi connectivity index (χ3n) is 3.04. The lowest BCUT2D eigenvalue weighted by Gasteiger charge is -2.32. The summed E-state index contributed by atoms with van der Waals surface area (Å²) < 4.78 is 5.73. The molecule has 1 aliphatic heterocycles. The predicted octanol–water partition coefficient (Wildman–Crippen LogP) is 1.58. The number of rotatable bonds is 4. The first kappa shape index (κ1) is 12.8. The van der Waals surface area contributed by atoms with E-state index in [4.69, 9.17) is 21.4 Å². The van der Waals surface area contributed by atoms with Gasteiger partial charge >= 0.3 is 0 Å². The third-order valence-corrected chi connectivity index (χ3v) is 3.41. The first-order chi connectivity index (χ1) is 8.29. The Balaban J connectivity index is 1.92. The fourth-order valence-electron chi connectivity index (χ4n) is 2.16. The fourth-order valence-corrected chi connectivity index (χ4v) is 2.37. The zero-order valence-corrected chi connectivity index (χ0v) is 10.6. The molecule has 3 nitrogen and oxygen atoms in total. The number of aliphatic hydroxyl groups is 1. The number of hydrogen-bond donors (Lipinski definition) is 1. The van der Waals surface area contributed by atoms with E-state index in [1.165, 1.54) is 0 Å². The van der Waals surface area contributed by atoms with Crippen LogP contribution in [0.3, 0.4) is 0 Å². The van der Waals surface area contributed by atoms with Crippen molar-refractivity contribution in [2.24, 2.45) is 0 Å². The highest BCUT2D eigenvalue weighted by atomic mass is 35.5. The Hall–Kier alpha value is -0.610. The average Bonchev–Trinajstić information content (AvgIpc) is 2.33. The van der Waals surface area contributed by atoms with Crippen LogP contribution < -0.4 is 0 Å². The van der Waals surface area contributed by atoms with E-state index >= 15 is 0 Å². The topological polar surface area (TPSA) is 32.7 Å². The second-order valence-electron chi connectivity index (χ2n) is 4.31. The summed E-state index contributed by atoms with van der Waals surface area (Å²) >= 11 is 6.13. The van der Waals surface area contributed by atoms with Crippen LogP contribution >= 0.6 is 11.6 Å². The van der Waals surface area contributed by atoms with Gasteiger partial charge in [0.1, 0.15) is 0 Å². The number of ether oxygens (including phenoxy) is 1. The molecule has 1 fully saturated rings. The predicted molar refractivity (Wildman–Crippen MR) is 68.4 cm³/mol. The minimum Gasteiger partial charge on any atom is -0.395 e. The zero-order chi connectivity index (χ0) is 12.1. The highest BCUT2D eigenvalue weighted by Crippen LogP contribution is 2.19. The van der Waals surface area contributed by atoms with Gasteiger partial charge in [-0.25, -0.2) is 0 Å². The van der Waals surface area contributed by atoms with Gasteiger partial charge in [0.05, 0.1) is 19.3 Å². The number of nitrogens with zero attached hydrogens (tertiary/aromatic N) is 1. The Kier molecular flexibility index (Phi) is 4.80. The molecule has 1 N–H and O–H groups in total. The first-order valence-corrected chi connectivity index (χ1v) is 6.35. The second kappa shape index (κ2) is 6.36. The van der Waals surface area contributed by atoms with Crippen LogP contribution in [0.25, 0.3) is 0 Å². The molecule has 0 amide bonds. The number of morpholine rings is 1. The van der Waals surface area contributed by atoms with Gasteiger partial charge in [-0.1, -0.05) is 29.8 Å². The fraction of sp³-hybridized carbons (Fsp3) is 0.538. The number of hydrogen-bond acceptors (Lipinski definition) is 3.